The van der Waals surface area contributed by atoms with Crippen molar-refractivity contribution in [1.29, 1.82) is 0 Å². The fourth-order valence-electron chi connectivity index (χ4n) is 5.19. The van der Waals surface area contributed by atoms with Crippen LogP contribution in [0.1, 0.15) is 22.3 Å². The second-order valence-corrected chi connectivity index (χ2v) is 10.5. The minimum absolute atomic E-state index is 0.0736. The molecular weight excluding hydrogens is 560 g/mol. The van der Waals surface area contributed by atoms with Gasteiger partial charge in [0.15, 0.2) is 12.4 Å². The Morgan fingerprint density at radius 2 is 1.00 bits per heavy atom. The Kier molecular flexibility index (Phi) is 11.7. The Hall–Kier alpha value is -3.89. The first-order chi connectivity index (χ1) is 21.6. The van der Waals surface area contributed by atoms with E-state index in [4.69, 9.17) is 28.4 Å². The Balaban J connectivity index is 1.47. The second kappa shape index (κ2) is 16.3. The first kappa shape index (κ1) is 31.5. The second-order valence-electron chi connectivity index (χ2n) is 10.5. The number of benzene rings is 4. The third-order valence-electron chi connectivity index (χ3n) is 7.43. The lowest BCUT2D eigenvalue weighted by molar-refractivity contribution is -0.330. The molecule has 8 nitrogen and oxygen atoms in total. The predicted molar refractivity (Wildman–Crippen MR) is 163 cm³/mol. The summed E-state index contributed by atoms with van der Waals surface area (Å²) in [5.74, 6) is -1.18. The van der Waals surface area contributed by atoms with Crippen molar-refractivity contribution < 1.29 is 38.3 Å². The van der Waals surface area contributed by atoms with E-state index in [0.717, 1.165) is 22.3 Å². The van der Waals surface area contributed by atoms with Gasteiger partial charge in [0, 0.05) is 7.11 Å². The topological polar surface area (TPSA) is 92.7 Å². The van der Waals surface area contributed by atoms with Crippen molar-refractivity contribution in [3.63, 3.8) is 0 Å². The van der Waals surface area contributed by atoms with Crippen molar-refractivity contribution in [3.05, 3.63) is 144 Å². The first-order valence-corrected chi connectivity index (χ1v) is 14.7. The van der Waals surface area contributed by atoms with E-state index < -0.39 is 42.8 Å². The normalized spacial score (nSPS) is 22.3. The van der Waals surface area contributed by atoms with Gasteiger partial charge in [-0.25, -0.2) is 4.79 Å². The van der Waals surface area contributed by atoms with Crippen LogP contribution in [0.25, 0.3) is 0 Å². The predicted octanol–water partition coefficient (Wildman–Crippen LogP) is 5.78. The van der Waals surface area contributed by atoms with Gasteiger partial charge in [-0.1, -0.05) is 121 Å². The molecule has 230 valence electrons. The lowest BCUT2D eigenvalue weighted by Gasteiger charge is -2.46. The van der Waals surface area contributed by atoms with Gasteiger partial charge in [-0.2, -0.15) is 0 Å². The molecule has 1 saturated heterocycles. The van der Waals surface area contributed by atoms with E-state index in [0.29, 0.717) is 0 Å². The highest BCUT2D eigenvalue weighted by Gasteiger charge is 2.53. The summed E-state index contributed by atoms with van der Waals surface area (Å²) < 4.78 is 37.7. The van der Waals surface area contributed by atoms with Crippen LogP contribution in [-0.4, -0.2) is 55.0 Å². The minimum Gasteiger partial charge on any atom is -0.479 e. The number of methoxy groups -OCH3 is 1. The largest absolute Gasteiger partial charge is 0.479 e. The number of carboxylic acid groups (broad SMARTS) is 1. The van der Waals surface area contributed by atoms with Crippen molar-refractivity contribution in [2.45, 2.75) is 63.2 Å². The highest BCUT2D eigenvalue weighted by Crippen LogP contribution is 2.33. The molecule has 0 aromatic heterocycles. The average molecular weight is 599 g/mol. The van der Waals surface area contributed by atoms with Crippen molar-refractivity contribution >= 4 is 5.97 Å². The van der Waals surface area contributed by atoms with Crippen LogP contribution in [-0.2, 0) is 59.6 Å². The van der Waals surface area contributed by atoms with Crippen LogP contribution in [0.4, 0.5) is 0 Å². The van der Waals surface area contributed by atoms with Gasteiger partial charge in [0.2, 0.25) is 0 Å². The molecule has 0 bridgehead atoms. The molecule has 0 saturated carbocycles. The summed E-state index contributed by atoms with van der Waals surface area (Å²) in [5.41, 5.74) is 3.66. The van der Waals surface area contributed by atoms with Gasteiger partial charge in [0.1, 0.15) is 24.4 Å². The number of rotatable bonds is 15. The smallest absolute Gasteiger partial charge is 0.335 e. The number of hydrogen-bond acceptors (Lipinski definition) is 7. The van der Waals surface area contributed by atoms with Gasteiger partial charge < -0.3 is 33.5 Å². The van der Waals surface area contributed by atoms with E-state index >= 15 is 0 Å². The van der Waals surface area contributed by atoms with E-state index in [1.807, 2.05) is 121 Å². The molecular formula is C36H38O8. The molecule has 1 N–H and O–H groups in total. The standard InChI is InChI=1S/C36H38O8/c1-39-36-34(43-25-29-20-12-5-13-21-29)31(41-23-27-16-8-3-9-17-27)30(40-22-26-14-6-2-7-15-26)32(44-36)33(35(37)38)42-24-28-18-10-4-11-19-28/h2-21,30-34,36H,22-25H2,1H3,(H,37,38)/t30-,31-,32-,33?,34+,36-/m0/s1. The number of aliphatic carboxylic acids is 1. The number of carboxylic acids is 1. The summed E-state index contributed by atoms with van der Waals surface area (Å²) in [7, 11) is 1.50. The summed E-state index contributed by atoms with van der Waals surface area (Å²) in [6, 6.07) is 38.6. The average Bonchev–Trinajstić information content (AvgIpc) is 3.07. The SMILES string of the molecule is CO[C@H]1O[C@H](C(OCc2ccccc2)C(=O)O)[C@@H](OCc2ccccc2)[C@H](OCc2ccccc2)[C@H]1OCc1ccccc1. The fraction of sp³-hybridized carbons (Fsp3) is 0.306. The molecule has 1 fully saturated rings. The Morgan fingerprint density at radius 1 is 0.614 bits per heavy atom. The molecule has 4 aromatic rings. The highest BCUT2D eigenvalue weighted by atomic mass is 16.7. The molecule has 0 spiro atoms. The molecule has 6 atom stereocenters. The van der Waals surface area contributed by atoms with E-state index in [-0.39, 0.29) is 26.4 Å². The van der Waals surface area contributed by atoms with Crippen LogP contribution < -0.4 is 0 Å². The van der Waals surface area contributed by atoms with Crippen LogP contribution >= 0.6 is 0 Å². The molecule has 1 aliphatic heterocycles. The zero-order valence-corrected chi connectivity index (χ0v) is 24.6. The lowest BCUT2D eigenvalue weighted by Crippen LogP contribution is -2.64. The number of carbonyl (C=O) groups is 1. The van der Waals surface area contributed by atoms with Crippen LogP contribution in [0.2, 0.25) is 0 Å². The van der Waals surface area contributed by atoms with Crippen molar-refractivity contribution in [1.82, 2.24) is 0 Å². The minimum atomic E-state index is -1.38. The van der Waals surface area contributed by atoms with Gasteiger partial charge in [0.05, 0.1) is 26.4 Å². The van der Waals surface area contributed by atoms with Crippen LogP contribution in [0.15, 0.2) is 121 Å². The Bertz CT molecular complexity index is 1390. The Labute approximate surface area is 258 Å². The Morgan fingerprint density at radius 3 is 1.41 bits per heavy atom. The van der Waals surface area contributed by atoms with E-state index in [1.54, 1.807) is 0 Å². The van der Waals surface area contributed by atoms with Crippen LogP contribution in [0, 0.1) is 0 Å². The van der Waals surface area contributed by atoms with E-state index in [9.17, 15) is 9.90 Å². The summed E-state index contributed by atoms with van der Waals surface area (Å²) in [4.78, 5) is 12.7. The maximum Gasteiger partial charge on any atom is 0.335 e. The molecule has 4 aromatic carbocycles. The van der Waals surface area contributed by atoms with Gasteiger partial charge in [-0.3, -0.25) is 0 Å². The maximum absolute atomic E-state index is 12.7. The summed E-state index contributed by atoms with van der Waals surface area (Å²) >= 11 is 0. The number of ether oxygens (including phenoxy) is 6. The van der Waals surface area contributed by atoms with Gasteiger partial charge in [-0.05, 0) is 22.3 Å². The molecule has 0 amide bonds. The van der Waals surface area contributed by atoms with E-state index in [2.05, 4.69) is 0 Å². The number of hydrogen-bond donors (Lipinski definition) is 1. The molecule has 1 heterocycles. The maximum atomic E-state index is 12.7. The van der Waals surface area contributed by atoms with Crippen LogP contribution in [0.3, 0.4) is 0 Å². The van der Waals surface area contributed by atoms with Crippen molar-refractivity contribution in [2.24, 2.45) is 0 Å². The summed E-state index contributed by atoms with van der Waals surface area (Å²) in [6.07, 6.45) is -5.82. The quantitative estimate of drug-likeness (QED) is 0.184. The first-order valence-electron chi connectivity index (χ1n) is 14.7. The van der Waals surface area contributed by atoms with E-state index in [1.165, 1.54) is 7.11 Å². The third kappa shape index (κ3) is 8.60. The van der Waals surface area contributed by atoms with Crippen molar-refractivity contribution in [3.8, 4) is 0 Å². The zero-order chi connectivity index (χ0) is 30.6. The molecule has 0 aliphatic carbocycles. The van der Waals surface area contributed by atoms with Crippen LogP contribution in [0.5, 0.6) is 0 Å². The molecule has 5 rings (SSSR count). The molecule has 44 heavy (non-hydrogen) atoms. The van der Waals surface area contributed by atoms with Gasteiger partial charge >= 0.3 is 5.97 Å². The molecule has 8 heteroatoms. The summed E-state index contributed by atoms with van der Waals surface area (Å²) in [6.45, 7) is 0.783. The van der Waals surface area contributed by atoms with Gasteiger partial charge in [0.25, 0.3) is 0 Å². The van der Waals surface area contributed by atoms with Crippen molar-refractivity contribution in [2.75, 3.05) is 7.11 Å². The zero-order valence-electron chi connectivity index (χ0n) is 24.6. The highest BCUT2D eigenvalue weighted by molar-refractivity contribution is 5.73. The molecule has 1 aliphatic rings. The fourth-order valence-corrected chi connectivity index (χ4v) is 5.19. The molecule has 1 unspecified atom stereocenters. The summed E-state index contributed by atoms with van der Waals surface area (Å²) in [5, 5.41) is 10.4. The molecule has 0 radical (unpaired) electrons. The third-order valence-corrected chi connectivity index (χ3v) is 7.43. The monoisotopic (exact) mass is 598 g/mol. The lowest BCUT2D eigenvalue weighted by atomic mass is 9.94. The van der Waals surface area contributed by atoms with Gasteiger partial charge in [-0.15, -0.1) is 0 Å².